The summed E-state index contributed by atoms with van der Waals surface area (Å²) in [6, 6.07) is 0.787. The van der Waals surface area contributed by atoms with Crippen molar-refractivity contribution in [3.8, 4) is 0 Å². The maximum absolute atomic E-state index is 2.31. The fourth-order valence-corrected chi connectivity index (χ4v) is 1.83. The first-order valence-electron chi connectivity index (χ1n) is 7.00. The van der Waals surface area contributed by atoms with Gasteiger partial charge in [-0.2, -0.15) is 0 Å². The van der Waals surface area contributed by atoms with Crippen molar-refractivity contribution >= 4 is 0 Å². The van der Waals surface area contributed by atoms with Gasteiger partial charge in [-0.1, -0.05) is 45.4 Å². The van der Waals surface area contributed by atoms with Gasteiger partial charge in [0.2, 0.25) is 0 Å². The Hall–Kier alpha value is 0.250. The molecule has 0 saturated carbocycles. The highest BCUT2D eigenvalue weighted by Crippen LogP contribution is 2.07. The van der Waals surface area contributed by atoms with E-state index in [0.29, 0.717) is 0 Å². The summed E-state index contributed by atoms with van der Waals surface area (Å²) in [5.41, 5.74) is 0. The Morgan fingerprint density at radius 3 is 1.69 bits per heavy atom. The van der Waals surface area contributed by atoms with E-state index in [-0.39, 0.29) is 12.4 Å². The molecule has 0 aromatic rings. The van der Waals surface area contributed by atoms with Crippen molar-refractivity contribution in [2.24, 2.45) is 0 Å². The van der Waals surface area contributed by atoms with Crippen LogP contribution in [0.4, 0.5) is 0 Å². The molecule has 2 heteroatoms. The van der Waals surface area contributed by atoms with E-state index >= 15 is 0 Å². The number of hydrogen-bond donors (Lipinski definition) is 1. The van der Waals surface area contributed by atoms with E-state index in [1.165, 1.54) is 57.9 Å². The lowest BCUT2D eigenvalue weighted by atomic mass is 10.1. The Morgan fingerprint density at radius 2 is 1.25 bits per heavy atom. The summed E-state index contributed by atoms with van der Waals surface area (Å²) in [4.78, 5) is 1.68. The lowest BCUT2D eigenvalue weighted by Gasteiger charge is -2.17. The average Bonchev–Trinajstić information content (AvgIpc) is 2.21. The molecule has 0 aromatic heterocycles. The second-order valence-corrected chi connectivity index (χ2v) is 5.23. The highest BCUT2D eigenvalue weighted by molar-refractivity contribution is 4.45. The minimum absolute atomic E-state index is 0. The molecule has 0 aliphatic rings. The summed E-state index contributed by atoms with van der Waals surface area (Å²) in [6.07, 6.45) is 11.5. The van der Waals surface area contributed by atoms with Gasteiger partial charge in [0.05, 0.1) is 19.6 Å². The van der Waals surface area contributed by atoms with E-state index in [0.717, 1.165) is 6.04 Å². The van der Waals surface area contributed by atoms with Gasteiger partial charge in [0, 0.05) is 0 Å². The highest BCUT2D eigenvalue weighted by atomic mass is 35.5. The van der Waals surface area contributed by atoms with Crippen LogP contribution in [0.15, 0.2) is 0 Å². The van der Waals surface area contributed by atoms with Crippen molar-refractivity contribution in [3.63, 3.8) is 0 Å². The molecule has 0 amide bonds. The molecule has 0 aromatic carbocycles. The first-order chi connectivity index (χ1) is 7.18. The van der Waals surface area contributed by atoms with Crippen molar-refractivity contribution in [1.82, 2.24) is 0 Å². The molecule has 0 spiro atoms. The third-order valence-corrected chi connectivity index (χ3v) is 3.41. The van der Waals surface area contributed by atoms with Gasteiger partial charge in [0.1, 0.15) is 0 Å². The van der Waals surface area contributed by atoms with Crippen LogP contribution in [0.25, 0.3) is 0 Å². The summed E-state index contributed by atoms with van der Waals surface area (Å²) in [6.45, 7) is 8.25. The molecule has 0 aliphatic heterocycles. The molecule has 0 aliphatic carbocycles. The predicted molar refractivity (Wildman–Crippen MR) is 69.5 cm³/mol. The van der Waals surface area contributed by atoms with E-state index in [9.17, 15) is 0 Å². The van der Waals surface area contributed by atoms with Gasteiger partial charge in [-0.05, 0) is 26.7 Å². The number of quaternary nitrogens is 1. The molecule has 0 heterocycles. The summed E-state index contributed by atoms with van der Waals surface area (Å²) >= 11 is 0. The standard InChI is InChI=1S/C14H31N.ClH/c1-5-6-7-8-9-10-11-12-13-15(4)14(2)3;/h14H,5-13H2,1-4H3;1H. The molecule has 1 N–H and O–H groups in total. The quantitative estimate of drug-likeness (QED) is 0.522. The highest BCUT2D eigenvalue weighted by Gasteiger charge is 2.04. The number of hydrogen-bond acceptors (Lipinski definition) is 0. The van der Waals surface area contributed by atoms with Crippen LogP contribution in [0.3, 0.4) is 0 Å². The minimum Gasteiger partial charge on any atom is -1.00 e. The van der Waals surface area contributed by atoms with E-state index in [4.69, 9.17) is 0 Å². The second-order valence-electron chi connectivity index (χ2n) is 5.23. The molecular weight excluding hydrogens is 218 g/mol. The Kier molecular flexibility index (Phi) is 15.5. The fraction of sp³-hybridized carbons (Fsp3) is 1.00. The van der Waals surface area contributed by atoms with Gasteiger partial charge >= 0.3 is 0 Å². The van der Waals surface area contributed by atoms with Gasteiger partial charge in [-0.25, -0.2) is 0 Å². The summed E-state index contributed by atoms with van der Waals surface area (Å²) in [5.74, 6) is 0. The van der Waals surface area contributed by atoms with Crippen LogP contribution < -0.4 is 17.3 Å². The molecule has 0 saturated heterocycles. The van der Waals surface area contributed by atoms with Gasteiger partial charge in [0.25, 0.3) is 0 Å². The van der Waals surface area contributed by atoms with Gasteiger partial charge in [-0.15, -0.1) is 0 Å². The Balaban J connectivity index is 0. The maximum Gasteiger partial charge on any atom is 0.0815 e. The van der Waals surface area contributed by atoms with Gasteiger partial charge in [-0.3, -0.25) is 0 Å². The van der Waals surface area contributed by atoms with Crippen molar-refractivity contribution in [3.05, 3.63) is 0 Å². The van der Waals surface area contributed by atoms with Crippen LogP contribution in [0, 0.1) is 0 Å². The Bertz CT molecular complexity index is 126. The third-order valence-electron chi connectivity index (χ3n) is 3.41. The molecule has 1 unspecified atom stereocenters. The van der Waals surface area contributed by atoms with Crippen LogP contribution in [0.5, 0.6) is 0 Å². The molecular formula is C14H32ClN. The largest absolute Gasteiger partial charge is 1.00 e. The Labute approximate surface area is 109 Å². The van der Waals surface area contributed by atoms with E-state index < -0.39 is 0 Å². The lowest BCUT2D eigenvalue weighted by Crippen LogP contribution is -3.12. The Morgan fingerprint density at radius 1 is 0.812 bits per heavy atom. The SMILES string of the molecule is CCCCCCCCCC[NH+](C)C(C)C.[Cl-]. The van der Waals surface area contributed by atoms with Crippen LogP contribution in [0.1, 0.15) is 72.1 Å². The van der Waals surface area contributed by atoms with Crippen molar-refractivity contribution in [2.45, 2.75) is 78.2 Å². The molecule has 0 bridgehead atoms. The van der Waals surface area contributed by atoms with Crippen LogP contribution in [-0.2, 0) is 0 Å². The van der Waals surface area contributed by atoms with E-state index in [1.54, 1.807) is 4.90 Å². The zero-order chi connectivity index (χ0) is 11.5. The first kappa shape index (κ1) is 18.6. The molecule has 16 heavy (non-hydrogen) atoms. The number of rotatable bonds is 10. The summed E-state index contributed by atoms with van der Waals surface area (Å²) < 4.78 is 0. The van der Waals surface area contributed by atoms with Crippen molar-refractivity contribution in [2.75, 3.05) is 13.6 Å². The van der Waals surface area contributed by atoms with Gasteiger partial charge < -0.3 is 17.3 Å². The second kappa shape index (κ2) is 13.3. The minimum atomic E-state index is 0. The molecule has 0 fully saturated rings. The van der Waals surface area contributed by atoms with Crippen LogP contribution in [0.2, 0.25) is 0 Å². The zero-order valence-corrected chi connectivity index (χ0v) is 12.6. The molecule has 100 valence electrons. The molecule has 0 radical (unpaired) electrons. The van der Waals surface area contributed by atoms with Gasteiger partial charge in [0.15, 0.2) is 0 Å². The smallest absolute Gasteiger partial charge is 0.0815 e. The zero-order valence-electron chi connectivity index (χ0n) is 11.8. The number of unbranched alkanes of at least 4 members (excludes halogenated alkanes) is 7. The fourth-order valence-electron chi connectivity index (χ4n) is 1.83. The molecule has 1 atom stereocenters. The van der Waals surface area contributed by atoms with E-state index in [1.807, 2.05) is 0 Å². The number of nitrogens with one attached hydrogen (secondary N) is 1. The van der Waals surface area contributed by atoms with Crippen molar-refractivity contribution < 1.29 is 17.3 Å². The summed E-state index contributed by atoms with van der Waals surface area (Å²) in [7, 11) is 2.31. The third kappa shape index (κ3) is 12.3. The first-order valence-corrected chi connectivity index (χ1v) is 7.00. The normalized spacial score (nSPS) is 12.6. The lowest BCUT2D eigenvalue weighted by molar-refractivity contribution is -0.902. The number of halogens is 1. The predicted octanol–water partition coefficient (Wildman–Crippen LogP) is 0.0542. The summed E-state index contributed by atoms with van der Waals surface area (Å²) in [5, 5.41) is 0. The monoisotopic (exact) mass is 249 g/mol. The average molecular weight is 250 g/mol. The maximum atomic E-state index is 2.31. The van der Waals surface area contributed by atoms with E-state index in [2.05, 4.69) is 27.8 Å². The van der Waals surface area contributed by atoms with Crippen molar-refractivity contribution in [1.29, 1.82) is 0 Å². The topological polar surface area (TPSA) is 4.44 Å². The molecule has 0 rings (SSSR count). The molecule has 1 nitrogen and oxygen atoms in total. The van der Waals surface area contributed by atoms with Crippen LogP contribution >= 0.6 is 0 Å². The van der Waals surface area contributed by atoms with Crippen LogP contribution in [-0.4, -0.2) is 19.6 Å².